The van der Waals surface area contributed by atoms with E-state index in [2.05, 4.69) is 166 Å². The lowest BCUT2D eigenvalue weighted by Gasteiger charge is -2.33. The van der Waals surface area contributed by atoms with Gasteiger partial charge < -0.3 is 18.8 Å². The molecule has 0 unspecified atom stereocenters. The predicted molar refractivity (Wildman–Crippen MR) is 209 cm³/mol. The van der Waals surface area contributed by atoms with E-state index in [0.29, 0.717) is 0 Å². The highest BCUT2D eigenvalue weighted by molar-refractivity contribution is 6.62. The Labute approximate surface area is 296 Å². The molecule has 9 rings (SSSR count). The molecule has 1 fully saturated rings. The number of allylic oxidation sites excluding steroid dienone is 8. The average molecular weight is 657 g/mol. The van der Waals surface area contributed by atoms with Gasteiger partial charge >= 0.3 is 7.12 Å². The molecule has 4 aliphatic rings. The van der Waals surface area contributed by atoms with Crippen molar-refractivity contribution in [1.29, 1.82) is 0 Å². The van der Waals surface area contributed by atoms with Crippen LogP contribution in [0.15, 0.2) is 127 Å². The van der Waals surface area contributed by atoms with E-state index in [9.17, 15) is 0 Å². The van der Waals surface area contributed by atoms with Gasteiger partial charge in [0.1, 0.15) is 0 Å². The Kier molecular flexibility index (Phi) is 7.05. The van der Waals surface area contributed by atoms with Crippen LogP contribution in [0.2, 0.25) is 0 Å². The number of rotatable bonds is 5. The maximum atomic E-state index is 6.50. The molecule has 2 heterocycles. The third kappa shape index (κ3) is 4.74. The van der Waals surface area contributed by atoms with Gasteiger partial charge in [-0.1, -0.05) is 80.6 Å². The molecule has 5 aromatic rings. The zero-order valence-corrected chi connectivity index (χ0v) is 30.1. The number of anilines is 1. The first-order chi connectivity index (χ1) is 24.0. The third-order valence-corrected chi connectivity index (χ3v) is 11.9. The predicted octanol–water partition coefficient (Wildman–Crippen LogP) is 10.7. The van der Waals surface area contributed by atoms with Crippen molar-refractivity contribution in [3.05, 3.63) is 138 Å². The van der Waals surface area contributed by atoms with Gasteiger partial charge in [0.05, 0.1) is 22.2 Å². The molecule has 50 heavy (non-hydrogen) atoms. The molecular formula is C45H45BN2O2. The highest BCUT2D eigenvalue weighted by atomic mass is 16.7. The van der Waals surface area contributed by atoms with Gasteiger partial charge in [-0.05, 0) is 130 Å². The molecule has 5 heteroatoms. The van der Waals surface area contributed by atoms with Crippen LogP contribution in [0.4, 0.5) is 5.69 Å². The minimum atomic E-state index is -0.418. The Morgan fingerprint density at radius 2 is 1.26 bits per heavy atom. The third-order valence-electron chi connectivity index (χ3n) is 11.9. The summed E-state index contributed by atoms with van der Waals surface area (Å²) in [4.78, 5) is 2.52. The molecule has 4 nitrogen and oxygen atoms in total. The normalized spacial score (nSPS) is 19.8. The Morgan fingerprint density at radius 3 is 1.92 bits per heavy atom. The number of para-hydroxylation sites is 1. The largest absolute Gasteiger partial charge is 0.494 e. The van der Waals surface area contributed by atoms with Crippen molar-refractivity contribution in [1.82, 2.24) is 4.57 Å². The second-order valence-electron chi connectivity index (χ2n) is 15.9. The summed E-state index contributed by atoms with van der Waals surface area (Å²) in [6.07, 6.45) is 17.8. The molecule has 1 aliphatic heterocycles. The summed E-state index contributed by atoms with van der Waals surface area (Å²) < 4.78 is 15.4. The number of aromatic nitrogens is 1. The van der Waals surface area contributed by atoms with Crippen LogP contribution in [0, 0.1) is 0 Å². The van der Waals surface area contributed by atoms with Crippen LogP contribution in [-0.2, 0) is 14.7 Å². The van der Waals surface area contributed by atoms with E-state index >= 15 is 0 Å². The van der Waals surface area contributed by atoms with E-state index < -0.39 is 18.3 Å². The molecule has 0 atom stereocenters. The number of benzene rings is 4. The van der Waals surface area contributed by atoms with E-state index in [4.69, 9.17) is 9.31 Å². The fourth-order valence-electron chi connectivity index (χ4n) is 8.45. The van der Waals surface area contributed by atoms with Gasteiger partial charge in [0.2, 0.25) is 0 Å². The molecule has 0 saturated carbocycles. The molecule has 4 aromatic carbocycles. The Morgan fingerprint density at radius 1 is 0.640 bits per heavy atom. The summed E-state index contributed by atoms with van der Waals surface area (Å²) in [7, 11) is -0.418. The van der Waals surface area contributed by atoms with Crippen LogP contribution < -0.4 is 10.4 Å². The van der Waals surface area contributed by atoms with Crippen molar-refractivity contribution < 1.29 is 9.31 Å². The van der Waals surface area contributed by atoms with Crippen LogP contribution in [0.5, 0.6) is 0 Å². The summed E-state index contributed by atoms with van der Waals surface area (Å²) in [5.41, 5.74) is 13.0. The minimum absolute atomic E-state index is 0.170. The standard InChI is InChI=1S/C45H45BN2O2/c1-43(2)39-28-33(47(31-15-9-7-10-16-31)32-17-11-8-12-18-32)22-25-35(39)36-26-23-34(29-40(36)43)48-41-20-14-13-19-37(41)38-24-21-30(27-42(38)48)46-49-44(3,4)45(5,6)50-46/h7-9,11,13-15,17,19-29H,10,12,16,18H2,1-6H3. The van der Waals surface area contributed by atoms with Gasteiger partial charge in [-0.3, -0.25) is 0 Å². The van der Waals surface area contributed by atoms with E-state index in [1.807, 2.05) is 0 Å². The fourth-order valence-corrected chi connectivity index (χ4v) is 8.45. The highest BCUT2D eigenvalue weighted by Gasteiger charge is 2.51. The summed E-state index contributed by atoms with van der Waals surface area (Å²) >= 11 is 0. The molecule has 1 saturated heterocycles. The number of hydrogen-bond donors (Lipinski definition) is 0. The van der Waals surface area contributed by atoms with Gasteiger partial charge in [0.25, 0.3) is 0 Å². The lowest BCUT2D eigenvalue weighted by atomic mass is 9.79. The lowest BCUT2D eigenvalue weighted by Crippen LogP contribution is -2.41. The molecular weight excluding hydrogens is 611 g/mol. The first kappa shape index (κ1) is 31.4. The first-order valence-electron chi connectivity index (χ1n) is 18.2. The van der Waals surface area contributed by atoms with Crippen LogP contribution >= 0.6 is 0 Å². The Hall–Kier alpha value is -4.58. The van der Waals surface area contributed by atoms with Crippen molar-refractivity contribution >= 4 is 40.1 Å². The number of nitrogens with zero attached hydrogens (tertiary/aromatic N) is 2. The van der Waals surface area contributed by atoms with Gasteiger partial charge in [-0.15, -0.1) is 0 Å². The molecule has 1 aromatic heterocycles. The topological polar surface area (TPSA) is 26.6 Å². The molecule has 0 radical (unpaired) electrons. The van der Waals surface area contributed by atoms with Crippen molar-refractivity contribution in [3.8, 4) is 16.8 Å². The molecule has 0 spiro atoms. The van der Waals surface area contributed by atoms with Crippen LogP contribution in [0.1, 0.15) is 78.4 Å². The first-order valence-corrected chi connectivity index (χ1v) is 18.2. The fraction of sp³-hybridized carbons (Fsp3) is 0.289. The summed E-state index contributed by atoms with van der Waals surface area (Å²) in [6, 6.07) is 29.7. The van der Waals surface area contributed by atoms with Crippen LogP contribution in [-0.4, -0.2) is 22.9 Å². The molecule has 250 valence electrons. The van der Waals surface area contributed by atoms with Crippen molar-refractivity contribution in [2.45, 2.75) is 83.8 Å². The van der Waals surface area contributed by atoms with E-state index in [-0.39, 0.29) is 5.41 Å². The van der Waals surface area contributed by atoms with Gasteiger partial charge in [0, 0.05) is 39.0 Å². The van der Waals surface area contributed by atoms with E-state index in [1.54, 1.807) is 0 Å². The number of hydrogen-bond acceptors (Lipinski definition) is 3. The molecule has 3 aliphatic carbocycles. The van der Waals surface area contributed by atoms with Crippen LogP contribution in [0.3, 0.4) is 0 Å². The second-order valence-corrected chi connectivity index (χ2v) is 15.9. The molecule has 0 N–H and O–H groups in total. The van der Waals surface area contributed by atoms with Crippen molar-refractivity contribution in [2.24, 2.45) is 0 Å². The SMILES string of the molecule is CC1(C)c2cc(N(C3=CC=CCC3)C3=CC=CCC3)ccc2-c2ccc(-n3c4ccccc4c4ccc(B5OC(C)(C)C(C)(C)O5)cc43)cc21. The minimum Gasteiger partial charge on any atom is -0.399 e. The smallest absolute Gasteiger partial charge is 0.399 e. The van der Waals surface area contributed by atoms with Crippen LogP contribution in [0.25, 0.3) is 38.6 Å². The maximum absolute atomic E-state index is 6.50. The molecule has 0 bridgehead atoms. The maximum Gasteiger partial charge on any atom is 0.494 e. The van der Waals surface area contributed by atoms with Crippen molar-refractivity contribution in [2.75, 3.05) is 4.90 Å². The zero-order chi connectivity index (χ0) is 34.4. The summed E-state index contributed by atoms with van der Waals surface area (Å²) in [5, 5.41) is 2.47. The van der Waals surface area contributed by atoms with Gasteiger partial charge in [-0.2, -0.15) is 0 Å². The Balaban J connectivity index is 1.15. The summed E-state index contributed by atoms with van der Waals surface area (Å²) in [6.45, 7) is 13.2. The Bertz CT molecular complexity index is 2280. The van der Waals surface area contributed by atoms with Crippen molar-refractivity contribution in [3.63, 3.8) is 0 Å². The highest BCUT2D eigenvalue weighted by Crippen LogP contribution is 2.51. The van der Waals surface area contributed by atoms with E-state index in [1.165, 1.54) is 61.3 Å². The zero-order valence-electron chi connectivity index (χ0n) is 30.1. The molecule has 0 amide bonds. The second kappa shape index (κ2) is 11.2. The summed E-state index contributed by atoms with van der Waals surface area (Å²) in [5.74, 6) is 0. The number of fused-ring (bicyclic) bond motifs is 6. The van der Waals surface area contributed by atoms with Gasteiger partial charge in [0.15, 0.2) is 0 Å². The monoisotopic (exact) mass is 656 g/mol. The average Bonchev–Trinajstić information content (AvgIpc) is 3.65. The van der Waals surface area contributed by atoms with E-state index in [0.717, 1.165) is 36.7 Å². The lowest BCUT2D eigenvalue weighted by molar-refractivity contribution is 0.00578. The van der Waals surface area contributed by atoms with Gasteiger partial charge in [-0.25, -0.2) is 0 Å². The quantitative estimate of drug-likeness (QED) is 0.176.